The Labute approximate surface area is 156 Å². The largest absolute Gasteiger partial charge is 0.312 e. The number of benzene rings is 2. The molecule has 4 nitrogen and oxygen atoms in total. The van der Waals surface area contributed by atoms with Crippen LogP contribution in [0, 0.1) is 0 Å². The van der Waals surface area contributed by atoms with Crippen molar-refractivity contribution in [2.75, 3.05) is 54.8 Å². The lowest BCUT2D eigenvalue weighted by Gasteiger charge is -1.90. The minimum atomic E-state index is -2.67. The molecule has 0 aliphatic rings. The van der Waals surface area contributed by atoms with Gasteiger partial charge in [-0.25, -0.2) is 8.42 Å². The minimum absolute atomic E-state index is 1.16. The number of nitrogens with zero attached hydrogens (tertiary/aromatic N) is 2. The standard InChI is InChI=1S/2C6H6.2C3H9N.C2H6O2S/c2*1-2-4-6-5-3-1;2*1-4(2)3;1-5(2,3)4/h2*1-6H;2*1-3H3;1-2H3. The van der Waals surface area contributed by atoms with Crippen LogP contribution in [0.3, 0.4) is 0 Å². The fourth-order valence-electron chi connectivity index (χ4n) is 0.770. The molecule has 0 amide bonds. The zero-order chi connectivity index (χ0) is 20.1. The van der Waals surface area contributed by atoms with Crippen molar-refractivity contribution < 1.29 is 8.42 Å². The highest BCUT2D eigenvalue weighted by molar-refractivity contribution is 7.89. The Bertz CT molecular complexity index is 438. The van der Waals surface area contributed by atoms with Crippen LogP contribution in [0.15, 0.2) is 72.8 Å². The highest BCUT2D eigenvalue weighted by Crippen LogP contribution is 1.80. The maximum atomic E-state index is 9.63. The van der Waals surface area contributed by atoms with E-state index in [2.05, 4.69) is 0 Å². The van der Waals surface area contributed by atoms with Gasteiger partial charge in [-0.3, -0.25) is 0 Å². The summed E-state index contributed by atoms with van der Waals surface area (Å²) in [5, 5.41) is 0. The summed E-state index contributed by atoms with van der Waals surface area (Å²) >= 11 is 0. The molecule has 0 saturated carbocycles. The highest BCUT2D eigenvalue weighted by atomic mass is 32.2. The molecule has 0 unspecified atom stereocenters. The van der Waals surface area contributed by atoms with Crippen molar-refractivity contribution >= 4 is 9.84 Å². The summed E-state index contributed by atoms with van der Waals surface area (Å²) in [4.78, 5) is 4.00. The second-order valence-electron chi connectivity index (χ2n) is 6.14. The molecular weight excluding hydrogens is 332 g/mol. The van der Waals surface area contributed by atoms with Gasteiger partial charge in [-0.2, -0.15) is 0 Å². The van der Waals surface area contributed by atoms with Crippen LogP contribution in [0.4, 0.5) is 0 Å². The Hall–Kier alpha value is -1.69. The zero-order valence-electron chi connectivity index (χ0n) is 17.0. The molecule has 0 spiro atoms. The van der Waals surface area contributed by atoms with Crippen molar-refractivity contribution in [1.29, 1.82) is 0 Å². The fourth-order valence-corrected chi connectivity index (χ4v) is 0.770. The first-order chi connectivity index (χ1) is 11.5. The van der Waals surface area contributed by atoms with E-state index in [1.165, 1.54) is 0 Å². The topological polar surface area (TPSA) is 40.6 Å². The molecule has 0 aliphatic carbocycles. The molecule has 0 bridgehead atoms. The summed E-state index contributed by atoms with van der Waals surface area (Å²) in [5.74, 6) is 0. The van der Waals surface area contributed by atoms with Gasteiger partial charge in [-0.05, 0) is 42.3 Å². The summed E-state index contributed by atoms with van der Waals surface area (Å²) in [7, 11) is 9.33. The van der Waals surface area contributed by atoms with Crippen LogP contribution in [-0.4, -0.2) is 73.0 Å². The van der Waals surface area contributed by atoms with E-state index >= 15 is 0 Å². The second kappa shape index (κ2) is 20.4. The van der Waals surface area contributed by atoms with Crippen molar-refractivity contribution in [2.45, 2.75) is 0 Å². The molecule has 0 aliphatic heterocycles. The molecule has 2 rings (SSSR count). The third kappa shape index (κ3) is 86.6. The zero-order valence-corrected chi connectivity index (χ0v) is 17.9. The van der Waals surface area contributed by atoms with Gasteiger partial charge in [-0.15, -0.1) is 0 Å². The van der Waals surface area contributed by atoms with Crippen LogP contribution in [0.2, 0.25) is 0 Å². The number of hydrogen-bond donors (Lipinski definition) is 0. The maximum absolute atomic E-state index is 9.63. The van der Waals surface area contributed by atoms with Crippen molar-refractivity contribution in [1.82, 2.24) is 9.80 Å². The first-order valence-corrected chi connectivity index (χ1v) is 10.1. The quantitative estimate of drug-likeness (QED) is 0.715. The lowest BCUT2D eigenvalue weighted by molar-refractivity contribution is 0.505. The fraction of sp³-hybridized carbons (Fsp3) is 0.400. The van der Waals surface area contributed by atoms with Crippen molar-refractivity contribution in [3.8, 4) is 0 Å². The van der Waals surface area contributed by atoms with Gasteiger partial charge < -0.3 is 9.80 Å². The number of rotatable bonds is 0. The van der Waals surface area contributed by atoms with Crippen molar-refractivity contribution in [3.05, 3.63) is 72.8 Å². The molecule has 0 aromatic heterocycles. The van der Waals surface area contributed by atoms with E-state index in [1.807, 2.05) is 125 Å². The summed E-state index contributed by atoms with van der Waals surface area (Å²) in [6.45, 7) is 0. The molecule has 0 atom stereocenters. The number of hydrogen-bond acceptors (Lipinski definition) is 4. The molecule has 144 valence electrons. The molecule has 25 heavy (non-hydrogen) atoms. The van der Waals surface area contributed by atoms with Gasteiger partial charge in [0, 0.05) is 12.5 Å². The Balaban J connectivity index is -0.000000246. The van der Waals surface area contributed by atoms with E-state index in [4.69, 9.17) is 0 Å². The Morgan fingerprint density at radius 3 is 0.520 bits per heavy atom. The lowest BCUT2D eigenvalue weighted by Crippen LogP contribution is -1.99. The first kappa shape index (κ1) is 28.1. The average molecular weight is 369 g/mol. The molecule has 2 aromatic carbocycles. The van der Waals surface area contributed by atoms with Gasteiger partial charge in [0.15, 0.2) is 0 Å². The van der Waals surface area contributed by atoms with Crippen LogP contribution >= 0.6 is 0 Å². The molecule has 5 heteroatoms. The minimum Gasteiger partial charge on any atom is -0.312 e. The molecule has 0 radical (unpaired) electrons. The van der Waals surface area contributed by atoms with Gasteiger partial charge in [0.25, 0.3) is 0 Å². The molecular formula is C20H36N2O2S. The van der Waals surface area contributed by atoms with Crippen LogP contribution in [0.1, 0.15) is 0 Å². The van der Waals surface area contributed by atoms with E-state index in [0.29, 0.717) is 0 Å². The third-order valence-electron chi connectivity index (χ3n) is 1.33. The smallest absolute Gasteiger partial charge is 0.144 e. The Morgan fingerprint density at radius 2 is 0.480 bits per heavy atom. The van der Waals surface area contributed by atoms with E-state index < -0.39 is 9.84 Å². The van der Waals surface area contributed by atoms with Gasteiger partial charge in [0.1, 0.15) is 9.84 Å². The summed E-state index contributed by atoms with van der Waals surface area (Å²) in [5.41, 5.74) is 0. The average Bonchev–Trinajstić information content (AvgIpc) is 2.48. The Morgan fingerprint density at radius 1 is 0.440 bits per heavy atom. The van der Waals surface area contributed by atoms with Crippen molar-refractivity contribution in [2.24, 2.45) is 0 Å². The van der Waals surface area contributed by atoms with Crippen LogP contribution in [0.5, 0.6) is 0 Å². The van der Waals surface area contributed by atoms with Gasteiger partial charge in [0.2, 0.25) is 0 Å². The van der Waals surface area contributed by atoms with Gasteiger partial charge in [0.05, 0.1) is 0 Å². The van der Waals surface area contributed by atoms with E-state index in [0.717, 1.165) is 12.5 Å². The van der Waals surface area contributed by atoms with E-state index in [-0.39, 0.29) is 0 Å². The highest BCUT2D eigenvalue weighted by Gasteiger charge is 1.79. The van der Waals surface area contributed by atoms with Crippen LogP contribution in [0.25, 0.3) is 0 Å². The SMILES string of the molecule is CN(C)C.CN(C)C.CS(C)(=O)=O.c1ccccc1.c1ccccc1. The molecule has 0 heterocycles. The normalized spacial score (nSPS) is 9.04. The van der Waals surface area contributed by atoms with Crippen molar-refractivity contribution in [3.63, 3.8) is 0 Å². The monoisotopic (exact) mass is 368 g/mol. The third-order valence-corrected chi connectivity index (χ3v) is 1.33. The van der Waals surface area contributed by atoms with E-state index in [9.17, 15) is 8.42 Å². The number of sulfone groups is 1. The summed E-state index contributed by atoms with van der Waals surface area (Å²) in [6, 6.07) is 24.0. The van der Waals surface area contributed by atoms with E-state index in [1.54, 1.807) is 0 Å². The van der Waals surface area contributed by atoms with Crippen LogP contribution < -0.4 is 0 Å². The van der Waals surface area contributed by atoms with Gasteiger partial charge >= 0.3 is 0 Å². The lowest BCUT2D eigenvalue weighted by atomic mass is 10.4. The molecule has 0 N–H and O–H groups in total. The molecule has 0 saturated heterocycles. The van der Waals surface area contributed by atoms with Crippen LogP contribution in [-0.2, 0) is 9.84 Å². The first-order valence-electron chi connectivity index (χ1n) is 7.83. The molecule has 2 aromatic rings. The van der Waals surface area contributed by atoms with Gasteiger partial charge in [-0.1, -0.05) is 72.8 Å². The predicted octanol–water partition coefficient (Wildman–Crippen LogP) is 3.39. The predicted molar refractivity (Wildman–Crippen MR) is 113 cm³/mol. The Kier molecular flexibility index (Phi) is 22.9. The molecule has 0 fully saturated rings. The summed E-state index contributed by atoms with van der Waals surface area (Å²) < 4.78 is 19.3. The summed E-state index contributed by atoms with van der Waals surface area (Å²) in [6.07, 6.45) is 2.32. The second-order valence-corrected chi connectivity index (χ2v) is 8.42. The maximum Gasteiger partial charge on any atom is 0.144 e.